The Morgan fingerprint density at radius 1 is 0.913 bits per heavy atom. The van der Waals surface area contributed by atoms with Crippen molar-refractivity contribution in [2.45, 2.75) is 31.0 Å². The molecule has 3 amide bonds. The third-order valence-corrected chi connectivity index (χ3v) is 2.57. The second kappa shape index (κ2) is 9.32. The highest BCUT2D eigenvalue weighted by Crippen LogP contribution is 1.96. The third-order valence-electron chi connectivity index (χ3n) is 2.57. The van der Waals surface area contributed by atoms with Gasteiger partial charge in [0.05, 0.1) is 25.5 Å². The summed E-state index contributed by atoms with van der Waals surface area (Å²) < 4.78 is 0. The minimum Gasteiger partial charge on any atom is -0.481 e. The number of carbonyl (C=O) groups is 5. The Kier molecular flexibility index (Phi) is 8.21. The standard InChI is InChI=1S/C11H18N4O8/c12-4(1-8(18)19)9(20)15-6(3-16)10(21)14-5(11(22)23)2-7(13)17/h4-6,16H,1-3,12H2,(H2,13,17)(H,14,21)(H,15,20)(H,18,19)(H,22,23). The van der Waals surface area contributed by atoms with Crippen LogP contribution in [-0.4, -0.2) is 69.7 Å². The Balaban J connectivity index is 4.78. The molecule has 0 aromatic heterocycles. The number of nitrogens with two attached hydrogens (primary N) is 2. The molecule has 0 spiro atoms. The van der Waals surface area contributed by atoms with Crippen LogP contribution in [0.4, 0.5) is 0 Å². The van der Waals surface area contributed by atoms with Gasteiger partial charge >= 0.3 is 11.9 Å². The van der Waals surface area contributed by atoms with Gasteiger partial charge in [0.25, 0.3) is 0 Å². The van der Waals surface area contributed by atoms with Gasteiger partial charge in [0, 0.05) is 0 Å². The number of aliphatic hydroxyl groups is 1. The van der Waals surface area contributed by atoms with Gasteiger partial charge in [-0.25, -0.2) is 4.79 Å². The fourth-order valence-corrected chi connectivity index (χ4v) is 1.43. The van der Waals surface area contributed by atoms with Crippen LogP contribution in [0.2, 0.25) is 0 Å². The van der Waals surface area contributed by atoms with Crippen LogP contribution in [0, 0.1) is 0 Å². The van der Waals surface area contributed by atoms with Crippen molar-refractivity contribution >= 4 is 29.7 Å². The van der Waals surface area contributed by atoms with Crippen molar-refractivity contribution in [3.63, 3.8) is 0 Å². The zero-order chi connectivity index (χ0) is 18.2. The summed E-state index contributed by atoms with van der Waals surface area (Å²) in [6, 6.07) is -4.68. The highest BCUT2D eigenvalue weighted by Gasteiger charge is 2.28. The molecule has 0 rings (SSSR count). The number of hydrogen-bond donors (Lipinski definition) is 7. The highest BCUT2D eigenvalue weighted by atomic mass is 16.4. The molecule has 0 fully saturated rings. The molecule has 9 N–H and O–H groups in total. The Morgan fingerprint density at radius 2 is 1.43 bits per heavy atom. The zero-order valence-corrected chi connectivity index (χ0v) is 11.9. The van der Waals surface area contributed by atoms with Crippen molar-refractivity contribution in [3.8, 4) is 0 Å². The van der Waals surface area contributed by atoms with Gasteiger partial charge in [0.1, 0.15) is 12.1 Å². The van der Waals surface area contributed by atoms with E-state index in [9.17, 15) is 24.0 Å². The number of carboxylic acid groups (broad SMARTS) is 2. The van der Waals surface area contributed by atoms with Crippen LogP contribution in [0.15, 0.2) is 0 Å². The average Bonchev–Trinajstić information content (AvgIpc) is 2.41. The highest BCUT2D eigenvalue weighted by molar-refractivity contribution is 5.94. The number of aliphatic carboxylic acids is 2. The fraction of sp³-hybridized carbons (Fsp3) is 0.545. The maximum Gasteiger partial charge on any atom is 0.326 e. The summed E-state index contributed by atoms with van der Waals surface area (Å²) in [5.74, 6) is -5.99. The molecule has 0 aromatic rings. The predicted octanol–water partition coefficient (Wildman–Crippen LogP) is -4.29. The molecule has 0 aliphatic rings. The van der Waals surface area contributed by atoms with E-state index in [1.165, 1.54) is 0 Å². The third kappa shape index (κ3) is 7.73. The first kappa shape index (κ1) is 20.3. The topological polar surface area (TPSA) is 222 Å². The van der Waals surface area contributed by atoms with E-state index in [2.05, 4.69) is 0 Å². The van der Waals surface area contributed by atoms with Gasteiger partial charge in [-0.1, -0.05) is 0 Å². The minimum atomic E-state index is -1.64. The van der Waals surface area contributed by atoms with Crippen molar-refractivity contribution in [1.82, 2.24) is 10.6 Å². The fourth-order valence-electron chi connectivity index (χ4n) is 1.43. The molecular weight excluding hydrogens is 316 g/mol. The molecule has 12 heteroatoms. The summed E-state index contributed by atoms with van der Waals surface area (Å²) in [4.78, 5) is 55.4. The van der Waals surface area contributed by atoms with Crippen LogP contribution in [0.25, 0.3) is 0 Å². The lowest BCUT2D eigenvalue weighted by atomic mass is 10.1. The van der Waals surface area contributed by atoms with Crippen LogP contribution in [-0.2, 0) is 24.0 Å². The van der Waals surface area contributed by atoms with Crippen LogP contribution >= 0.6 is 0 Å². The molecule has 0 aromatic carbocycles. The van der Waals surface area contributed by atoms with Gasteiger partial charge in [-0.05, 0) is 0 Å². The molecule has 12 nitrogen and oxygen atoms in total. The number of primary amides is 1. The minimum absolute atomic E-state index is 0.689. The maximum absolute atomic E-state index is 11.8. The summed E-state index contributed by atoms with van der Waals surface area (Å²) in [5, 5.41) is 30.3. The van der Waals surface area contributed by atoms with E-state index in [-0.39, 0.29) is 0 Å². The SMILES string of the molecule is NC(=O)CC(NC(=O)C(CO)NC(=O)C(N)CC(=O)O)C(=O)O. The van der Waals surface area contributed by atoms with E-state index in [1.807, 2.05) is 10.6 Å². The van der Waals surface area contributed by atoms with Crippen molar-refractivity contribution in [1.29, 1.82) is 0 Å². The van der Waals surface area contributed by atoms with Gasteiger partial charge in [-0.2, -0.15) is 0 Å². The van der Waals surface area contributed by atoms with Gasteiger partial charge < -0.3 is 37.4 Å². The second-order valence-corrected chi connectivity index (χ2v) is 4.52. The first-order valence-electron chi connectivity index (χ1n) is 6.28. The number of hydrogen-bond acceptors (Lipinski definition) is 7. The molecule has 0 aliphatic heterocycles. The molecular formula is C11H18N4O8. The van der Waals surface area contributed by atoms with E-state index in [0.717, 1.165) is 0 Å². The molecule has 3 unspecified atom stereocenters. The number of rotatable bonds is 10. The summed E-state index contributed by atoms with van der Waals surface area (Å²) in [7, 11) is 0. The molecule has 23 heavy (non-hydrogen) atoms. The Bertz CT molecular complexity index is 494. The van der Waals surface area contributed by atoms with Crippen molar-refractivity contribution in [3.05, 3.63) is 0 Å². The van der Waals surface area contributed by atoms with Crippen molar-refractivity contribution < 1.29 is 39.3 Å². The molecule has 0 aliphatic carbocycles. The molecule has 0 heterocycles. The normalized spacial score (nSPS) is 14.2. The van der Waals surface area contributed by atoms with Gasteiger partial charge in [-0.15, -0.1) is 0 Å². The van der Waals surface area contributed by atoms with Gasteiger partial charge in [0.2, 0.25) is 17.7 Å². The van der Waals surface area contributed by atoms with E-state index < -0.39 is 67.2 Å². The van der Waals surface area contributed by atoms with Crippen molar-refractivity contribution in [2.75, 3.05) is 6.61 Å². The monoisotopic (exact) mass is 334 g/mol. The number of aliphatic hydroxyl groups excluding tert-OH is 1. The van der Waals surface area contributed by atoms with E-state index in [0.29, 0.717) is 0 Å². The second-order valence-electron chi connectivity index (χ2n) is 4.52. The quantitative estimate of drug-likeness (QED) is 0.205. The Labute approximate surface area is 129 Å². The Hall–Kier alpha value is -2.73. The number of carbonyl (C=O) groups excluding carboxylic acids is 3. The van der Waals surface area contributed by atoms with Crippen molar-refractivity contribution in [2.24, 2.45) is 11.5 Å². The lowest BCUT2D eigenvalue weighted by molar-refractivity contribution is -0.144. The molecule has 0 saturated carbocycles. The van der Waals surface area contributed by atoms with Crippen LogP contribution in [0.1, 0.15) is 12.8 Å². The van der Waals surface area contributed by atoms with E-state index in [4.69, 9.17) is 26.8 Å². The van der Waals surface area contributed by atoms with Crippen LogP contribution in [0.3, 0.4) is 0 Å². The Morgan fingerprint density at radius 3 is 1.83 bits per heavy atom. The molecule has 3 atom stereocenters. The first-order chi connectivity index (χ1) is 10.6. The van der Waals surface area contributed by atoms with Crippen LogP contribution < -0.4 is 22.1 Å². The average molecular weight is 334 g/mol. The lowest BCUT2D eigenvalue weighted by Crippen LogP contribution is -2.56. The summed E-state index contributed by atoms with van der Waals surface area (Å²) in [5.41, 5.74) is 10.1. The largest absolute Gasteiger partial charge is 0.481 e. The summed E-state index contributed by atoms with van der Waals surface area (Å²) >= 11 is 0. The summed E-state index contributed by atoms with van der Waals surface area (Å²) in [6.45, 7) is -0.903. The lowest BCUT2D eigenvalue weighted by Gasteiger charge is -2.20. The first-order valence-corrected chi connectivity index (χ1v) is 6.28. The molecule has 0 bridgehead atoms. The van der Waals surface area contributed by atoms with E-state index >= 15 is 0 Å². The van der Waals surface area contributed by atoms with Crippen LogP contribution in [0.5, 0.6) is 0 Å². The molecule has 0 radical (unpaired) electrons. The summed E-state index contributed by atoms with van der Waals surface area (Å²) in [6.07, 6.45) is -1.39. The number of carboxylic acids is 2. The van der Waals surface area contributed by atoms with Gasteiger partial charge in [0.15, 0.2) is 0 Å². The predicted molar refractivity (Wildman–Crippen MR) is 72.6 cm³/mol. The van der Waals surface area contributed by atoms with E-state index in [1.54, 1.807) is 0 Å². The zero-order valence-electron chi connectivity index (χ0n) is 11.9. The number of nitrogens with one attached hydrogen (secondary N) is 2. The molecule has 0 saturated heterocycles. The molecule has 130 valence electrons. The maximum atomic E-state index is 11.8. The number of amides is 3. The van der Waals surface area contributed by atoms with Gasteiger partial charge in [-0.3, -0.25) is 19.2 Å². The smallest absolute Gasteiger partial charge is 0.326 e.